The predicted molar refractivity (Wildman–Crippen MR) is 75.7 cm³/mol. The van der Waals surface area contributed by atoms with Gasteiger partial charge in [-0.1, -0.05) is 18.2 Å². The molecule has 4 nitrogen and oxygen atoms in total. The molecule has 94 valence electrons. The number of nitro groups is 1. The lowest BCUT2D eigenvalue weighted by Gasteiger charge is -2.09. The van der Waals surface area contributed by atoms with Crippen molar-refractivity contribution in [3.63, 3.8) is 0 Å². The Balaban J connectivity index is 2.21. The molecule has 0 aliphatic carbocycles. The smallest absolute Gasteiger partial charge is 0.272 e. The monoisotopic (exact) mass is 326 g/mol. The molecule has 1 atom stereocenters. The van der Waals surface area contributed by atoms with Crippen LogP contribution >= 0.6 is 27.3 Å². The first-order valence-electron chi connectivity index (χ1n) is 5.31. The van der Waals surface area contributed by atoms with Crippen molar-refractivity contribution in [1.82, 2.24) is 0 Å². The summed E-state index contributed by atoms with van der Waals surface area (Å²) in [6.45, 7) is 0. The summed E-state index contributed by atoms with van der Waals surface area (Å²) in [6.07, 6.45) is 0.462. The molecule has 0 saturated heterocycles. The van der Waals surface area contributed by atoms with Crippen molar-refractivity contribution >= 4 is 33.0 Å². The molecule has 2 N–H and O–H groups in total. The molecule has 0 spiro atoms. The molecule has 0 aliphatic heterocycles. The van der Waals surface area contributed by atoms with Crippen molar-refractivity contribution in [2.45, 2.75) is 12.5 Å². The highest BCUT2D eigenvalue weighted by atomic mass is 79.9. The van der Waals surface area contributed by atoms with E-state index in [4.69, 9.17) is 5.73 Å². The molecular formula is C12H11BrN2O2S. The Kier molecular flexibility index (Phi) is 4.11. The predicted octanol–water partition coefficient (Wildman–Crippen LogP) is 3.66. The summed E-state index contributed by atoms with van der Waals surface area (Å²) in [5, 5.41) is 10.9. The minimum Gasteiger partial charge on any atom is -0.323 e. The van der Waals surface area contributed by atoms with Gasteiger partial charge < -0.3 is 5.73 Å². The van der Waals surface area contributed by atoms with Gasteiger partial charge >= 0.3 is 0 Å². The maximum atomic E-state index is 10.9. The Bertz CT molecular complexity index is 571. The van der Waals surface area contributed by atoms with E-state index in [1.54, 1.807) is 29.5 Å². The van der Waals surface area contributed by atoms with Crippen molar-refractivity contribution in [3.05, 3.63) is 60.7 Å². The number of para-hydroxylation sites is 1. The average molecular weight is 327 g/mol. The highest BCUT2D eigenvalue weighted by Gasteiger charge is 2.17. The number of thiophene rings is 1. The first kappa shape index (κ1) is 13.2. The average Bonchev–Trinajstić information content (AvgIpc) is 2.76. The van der Waals surface area contributed by atoms with Gasteiger partial charge in [-0.05, 0) is 34.5 Å². The third kappa shape index (κ3) is 2.95. The molecule has 1 unspecified atom stereocenters. The van der Waals surface area contributed by atoms with Crippen molar-refractivity contribution < 1.29 is 4.92 Å². The van der Waals surface area contributed by atoms with Gasteiger partial charge in [0.1, 0.15) is 0 Å². The third-order valence-electron chi connectivity index (χ3n) is 2.59. The number of benzene rings is 1. The Hall–Kier alpha value is -1.24. The number of nitro benzene ring substituents is 1. The quantitative estimate of drug-likeness (QED) is 0.688. The van der Waals surface area contributed by atoms with Gasteiger partial charge in [0, 0.05) is 22.5 Å². The van der Waals surface area contributed by atoms with Crippen LogP contribution in [0, 0.1) is 10.1 Å². The van der Waals surface area contributed by atoms with Crippen LogP contribution < -0.4 is 5.73 Å². The van der Waals surface area contributed by atoms with Crippen LogP contribution in [0.4, 0.5) is 5.69 Å². The van der Waals surface area contributed by atoms with Gasteiger partial charge in [0.05, 0.1) is 8.71 Å². The van der Waals surface area contributed by atoms with Crippen molar-refractivity contribution in [2.24, 2.45) is 5.73 Å². The van der Waals surface area contributed by atoms with E-state index in [9.17, 15) is 10.1 Å². The zero-order valence-corrected chi connectivity index (χ0v) is 11.8. The van der Waals surface area contributed by atoms with Gasteiger partial charge in [0.25, 0.3) is 5.69 Å². The van der Waals surface area contributed by atoms with Crippen LogP contribution in [0.2, 0.25) is 0 Å². The first-order valence-corrected chi connectivity index (χ1v) is 6.92. The maximum Gasteiger partial charge on any atom is 0.272 e. The van der Waals surface area contributed by atoms with Crippen LogP contribution in [0.3, 0.4) is 0 Å². The van der Waals surface area contributed by atoms with Gasteiger partial charge in [0.15, 0.2) is 0 Å². The zero-order chi connectivity index (χ0) is 13.1. The van der Waals surface area contributed by atoms with Gasteiger partial charge in [0.2, 0.25) is 0 Å². The Morgan fingerprint density at radius 1 is 1.33 bits per heavy atom. The lowest BCUT2D eigenvalue weighted by molar-refractivity contribution is -0.385. The molecule has 0 bridgehead atoms. The fourth-order valence-electron chi connectivity index (χ4n) is 1.73. The number of hydrogen-bond acceptors (Lipinski definition) is 4. The molecule has 6 heteroatoms. The lowest BCUT2D eigenvalue weighted by Crippen LogP contribution is -2.12. The van der Waals surface area contributed by atoms with E-state index < -0.39 is 0 Å². The number of rotatable bonds is 4. The summed E-state index contributed by atoms with van der Waals surface area (Å²) in [6, 6.07) is 10.4. The zero-order valence-electron chi connectivity index (χ0n) is 9.38. The van der Waals surface area contributed by atoms with Crippen LogP contribution in [0.15, 0.2) is 40.2 Å². The SMILES string of the molecule is NC(Cc1ccccc1[N+](=O)[O-])c1ccc(Br)s1. The third-order valence-corrected chi connectivity index (χ3v) is 4.34. The van der Waals surface area contributed by atoms with E-state index in [-0.39, 0.29) is 16.7 Å². The minimum atomic E-state index is -0.369. The van der Waals surface area contributed by atoms with Crippen LogP contribution in [0.5, 0.6) is 0 Å². The molecule has 1 heterocycles. The standard InChI is InChI=1S/C12H11BrN2O2S/c13-12-6-5-11(18-12)9(14)7-8-3-1-2-4-10(8)15(16)17/h1-6,9H,7,14H2. The van der Waals surface area contributed by atoms with E-state index in [1.807, 2.05) is 12.1 Å². The largest absolute Gasteiger partial charge is 0.323 e. The first-order chi connectivity index (χ1) is 8.58. The van der Waals surface area contributed by atoms with Crippen LogP contribution in [-0.4, -0.2) is 4.92 Å². The van der Waals surface area contributed by atoms with Crippen molar-refractivity contribution in [1.29, 1.82) is 0 Å². The van der Waals surface area contributed by atoms with Gasteiger partial charge in [-0.3, -0.25) is 10.1 Å². The fourth-order valence-corrected chi connectivity index (χ4v) is 3.15. The Labute approximate surface area is 117 Å². The summed E-state index contributed by atoms with van der Waals surface area (Å²) >= 11 is 4.93. The topological polar surface area (TPSA) is 69.2 Å². The summed E-state index contributed by atoms with van der Waals surface area (Å²) < 4.78 is 1.01. The van der Waals surface area contributed by atoms with Gasteiger partial charge in [-0.25, -0.2) is 0 Å². The molecule has 18 heavy (non-hydrogen) atoms. The Morgan fingerprint density at radius 2 is 2.06 bits per heavy atom. The molecule has 0 saturated carbocycles. The maximum absolute atomic E-state index is 10.9. The second-order valence-electron chi connectivity index (χ2n) is 3.84. The van der Waals surface area contributed by atoms with Crippen LogP contribution in [0.25, 0.3) is 0 Å². The summed E-state index contributed by atoms with van der Waals surface area (Å²) in [5.74, 6) is 0. The minimum absolute atomic E-state index is 0.128. The Morgan fingerprint density at radius 3 is 2.67 bits per heavy atom. The van der Waals surface area contributed by atoms with E-state index >= 15 is 0 Å². The second kappa shape index (κ2) is 5.60. The highest BCUT2D eigenvalue weighted by Crippen LogP contribution is 2.29. The molecule has 2 aromatic rings. The van der Waals surface area contributed by atoms with Crippen LogP contribution in [0.1, 0.15) is 16.5 Å². The van der Waals surface area contributed by atoms with Crippen molar-refractivity contribution in [2.75, 3.05) is 0 Å². The molecule has 0 radical (unpaired) electrons. The molecule has 2 rings (SSSR count). The molecule has 0 amide bonds. The second-order valence-corrected chi connectivity index (χ2v) is 6.33. The van der Waals surface area contributed by atoms with Crippen LogP contribution in [-0.2, 0) is 6.42 Å². The van der Waals surface area contributed by atoms with E-state index in [2.05, 4.69) is 15.9 Å². The van der Waals surface area contributed by atoms with E-state index in [1.165, 1.54) is 6.07 Å². The fraction of sp³-hybridized carbons (Fsp3) is 0.167. The molecule has 1 aromatic heterocycles. The summed E-state index contributed by atoms with van der Waals surface area (Å²) in [5.41, 5.74) is 6.87. The number of hydrogen-bond donors (Lipinski definition) is 1. The van der Waals surface area contributed by atoms with Gasteiger partial charge in [-0.2, -0.15) is 0 Å². The van der Waals surface area contributed by atoms with E-state index in [0.717, 1.165) is 8.66 Å². The molecular weight excluding hydrogens is 316 g/mol. The normalized spacial score (nSPS) is 12.3. The number of nitrogens with zero attached hydrogens (tertiary/aromatic N) is 1. The number of nitrogens with two attached hydrogens (primary N) is 1. The molecule has 0 fully saturated rings. The van der Waals surface area contributed by atoms with Gasteiger partial charge in [-0.15, -0.1) is 11.3 Å². The van der Waals surface area contributed by atoms with E-state index in [0.29, 0.717) is 12.0 Å². The highest BCUT2D eigenvalue weighted by molar-refractivity contribution is 9.11. The lowest BCUT2D eigenvalue weighted by atomic mass is 10.0. The number of halogens is 1. The summed E-state index contributed by atoms with van der Waals surface area (Å²) in [4.78, 5) is 11.5. The summed E-state index contributed by atoms with van der Waals surface area (Å²) in [7, 11) is 0. The van der Waals surface area contributed by atoms with Crippen molar-refractivity contribution in [3.8, 4) is 0 Å². The molecule has 1 aromatic carbocycles. The molecule has 0 aliphatic rings.